The standard InChI is InChI=1S/C18H20N2O6S/c1-9-10(2)15(12(4)16(11(9)3)27(24,25)26)20-18(23)19-14-7-5-6-13(8-14)17(21)22/h5-8H,1-4H3,(H,21,22)(H2,19,20,23)(H,24,25,26). The molecule has 0 aliphatic carbocycles. The second-order valence-electron chi connectivity index (χ2n) is 6.14. The zero-order valence-electron chi connectivity index (χ0n) is 15.2. The Hall–Kier alpha value is -2.91. The van der Waals surface area contributed by atoms with Crippen LogP contribution in [0.25, 0.3) is 0 Å². The Morgan fingerprint density at radius 1 is 0.926 bits per heavy atom. The number of anilines is 2. The lowest BCUT2D eigenvalue weighted by molar-refractivity contribution is 0.0697. The molecule has 2 aromatic rings. The van der Waals surface area contributed by atoms with E-state index in [0.717, 1.165) is 0 Å². The number of carboxylic acids is 1. The number of aromatic carboxylic acids is 1. The summed E-state index contributed by atoms with van der Waals surface area (Å²) >= 11 is 0. The van der Waals surface area contributed by atoms with E-state index in [0.29, 0.717) is 16.7 Å². The van der Waals surface area contributed by atoms with Gasteiger partial charge in [0.05, 0.1) is 5.56 Å². The Morgan fingerprint density at radius 2 is 1.56 bits per heavy atom. The SMILES string of the molecule is Cc1c(C)c(NC(=O)Nc2cccc(C(=O)O)c2)c(C)c(S(=O)(=O)O)c1C. The van der Waals surface area contributed by atoms with Crippen LogP contribution < -0.4 is 10.6 Å². The number of carbonyl (C=O) groups is 2. The molecule has 0 aliphatic heterocycles. The Bertz CT molecular complexity index is 1040. The lowest BCUT2D eigenvalue weighted by Gasteiger charge is -2.19. The minimum Gasteiger partial charge on any atom is -0.478 e. The summed E-state index contributed by atoms with van der Waals surface area (Å²) < 4.78 is 33.0. The summed E-state index contributed by atoms with van der Waals surface area (Å²) in [6, 6.07) is 5.03. The predicted molar refractivity (Wildman–Crippen MR) is 101 cm³/mol. The van der Waals surface area contributed by atoms with Gasteiger partial charge in [-0.1, -0.05) is 6.07 Å². The molecule has 0 radical (unpaired) electrons. The molecule has 2 amide bonds. The smallest absolute Gasteiger partial charge is 0.335 e. The van der Waals surface area contributed by atoms with Crippen LogP contribution in [0, 0.1) is 27.7 Å². The van der Waals surface area contributed by atoms with Crippen LogP contribution >= 0.6 is 0 Å². The van der Waals surface area contributed by atoms with E-state index in [4.69, 9.17) is 5.11 Å². The molecule has 0 atom stereocenters. The van der Waals surface area contributed by atoms with E-state index in [1.807, 2.05) is 0 Å². The minimum atomic E-state index is -4.47. The highest BCUT2D eigenvalue weighted by atomic mass is 32.2. The maximum absolute atomic E-state index is 12.3. The molecule has 0 aliphatic rings. The summed E-state index contributed by atoms with van der Waals surface area (Å²) in [5, 5.41) is 14.1. The first-order valence-corrected chi connectivity index (χ1v) is 9.36. The molecule has 0 aromatic heterocycles. The number of hydrogen-bond acceptors (Lipinski definition) is 4. The maximum atomic E-state index is 12.3. The van der Waals surface area contributed by atoms with Crippen molar-refractivity contribution in [1.29, 1.82) is 0 Å². The number of amides is 2. The average molecular weight is 392 g/mol. The first kappa shape index (κ1) is 20.4. The summed E-state index contributed by atoms with van der Waals surface area (Å²) in [5.41, 5.74) is 2.45. The van der Waals surface area contributed by atoms with E-state index in [9.17, 15) is 22.6 Å². The molecule has 0 heterocycles. The zero-order valence-corrected chi connectivity index (χ0v) is 16.1. The lowest BCUT2D eigenvalue weighted by atomic mass is 9.98. The van der Waals surface area contributed by atoms with Crippen molar-refractivity contribution in [3.8, 4) is 0 Å². The predicted octanol–water partition coefficient (Wildman–Crippen LogP) is 3.51. The van der Waals surface area contributed by atoms with Crippen LogP contribution in [0.4, 0.5) is 16.2 Å². The van der Waals surface area contributed by atoms with E-state index in [1.165, 1.54) is 31.2 Å². The van der Waals surface area contributed by atoms with E-state index in [1.54, 1.807) is 20.8 Å². The third-order valence-corrected chi connectivity index (χ3v) is 5.55. The van der Waals surface area contributed by atoms with Gasteiger partial charge in [-0.2, -0.15) is 8.42 Å². The Kier molecular flexibility index (Phi) is 5.57. The molecule has 4 N–H and O–H groups in total. The van der Waals surface area contributed by atoms with Gasteiger partial charge < -0.3 is 15.7 Å². The van der Waals surface area contributed by atoms with Gasteiger partial charge in [-0.3, -0.25) is 4.55 Å². The quantitative estimate of drug-likeness (QED) is 0.589. The molecule has 0 saturated heterocycles. The van der Waals surface area contributed by atoms with E-state index < -0.39 is 22.1 Å². The normalized spacial score (nSPS) is 11.1. The molecule has 0 saturated carbocycles. The summed E-state index contributed by atoms with van der Waals surface area (Å²) in [7, 11) is -4.47. The van der Waals surface area contributed by atoms with Gasteiger partial charge in [0.1, 0.15) is 4.90 Å². The molecule has 0 spiro atoms. The lowest BCUT2D eigenvalue weighted by Crippen LogP contribution is -2.22. The van der Waals surface area contributed by atoms with Crippen LogP contribution in [-0.2, 0) is 10.1 Å². The van der Waals surface area contributed by atoms with Gasteiger partial charge in [0.15, 0.2) is 0 Å². The highest BCUT2D eigenvalue weighted by Crippen LogP contribution is 2.33. The monoisotopic (exact) mass is 392 g/mol. The summed E-state index contributed by atoms with van der Waals surface area (Å²) in [6.07, 6.45) is 0. The Balaban J connectivity index is 2.40. The van der Waals surface area contributed by atoms with Crippen LogP contribution in [0.5, 0.6) is 0 Å². The molecule has 8 nitrogen and oxygen atoms in total. The number of carbonyl (C=O) groups excluding carboxylic acids is 1. The van der Waals surface area contributed by atoms with Crippen molar-refractivity contribution in [2.24, 2.45) is 0 Å². The van der Waals surface area contributed by atoms with Crippen molar-refractivity contribution < 1.29 is 27.7 Å². The van der Waals surface area contributed by atoms with Gasteiger partial charge in [0.25, 0.3) is 10.1 Å². The number of carboxylic acid groups (broad SMARTS) is 1. The van der Waals surface area contributed by atoms with Gasteiger partial charge in [0.2, 0.25) is 0 Å². The van der Waals surface area contributed by atoms with Gasteiger partial charge in [-0.25, -0.2) is 9.59 Å². The van der Waals surface area contributed by atoms with Crippen molar-refractivity contribution >= 4 is 33.5 Å². The topological polar surface area (TPSA) is 133 Å². The highest BCUT2D eigenvalue weighted by Gasteiger charge is 2.24. The Labute approximate surface area is 157 Å². The first-order valence-electron chi connectivity index (χ1n) is 7.92. The summed E-state index contributed by atoms with van der Waals surface area (Å²) in [5.74, 6) is -1.13. The molecule has 2 aromatic carbocycles. The van der Waals surface area contributed by atoms with Crippen molar-refractivity contribution in [2.75, 3.05) is 10.6 Å². The zero-order chi connectivity index (χ0) is 20.5. The Morgan fingerprint density at radius 3 is 2.11 bits per heavy atom. The fraction of sp³-hybridized carbons (Fsp3) is 0.222. The summed E-state index contributed by atoms with van der Waals surface area (Å²) in [6.45, 7) is 6.49. The van der Waals surface area contributed by atoms with Crippen molar-refractivity contribution in [1.82, 2.24) is 0 Å². The van der Waals surface area contributed by atoms with Crippen molar-refractivity contribution in [3.05, 3.63) is 52.1 Å². The first-order chi connectivity index (χ1) is 12.4. The summed E-state index contributed by atoms with van der Waals surface area (Å²) in [4.78, 5) is 23.1. The van der Waals surface area contributed by atoms with Crippen molar-refractivity contribution in [2.45, 2.75) is 32.6 Å². The highest BCUT2D eigenvalue weighted by molar-refractivity contribution is 7.86. The number of nitrogens with one attached hydrogen (secondary N) is 2. The van der Waals surface area contributed by atoms with Gasteiger partial charge in [-0.15, -0.1) is 0 Å². The van der Waals surface area contributed by atoms with Gasteiger partial charge >= 0.3 is 12.0 Å². The molecule has 0 fully saturated rings. The third-order valence-electron chi connectivity index (χ3n) is 4.42. The second-order valence-corrected chi connectivity index (χ2v) is 7.50. The molecule has 144 valence electrons. The molecular weight excluding hydrogens is 372 g/mol. The average Bonchev–Trinajstić information content (AvgIpc) is 2.56. The van der Waals surface area contributed by atoms with Gasteiger partial charge in [-0.05, 0) is 68.1 Å². The number of rotatable bonds is 4. The van der Waals surface area contributed by atoms with E-state index >= 15 is 0 Å². The molecule has 0 bridgehead atoms. The molecule has 9 heteroatoms. The van der Waals surface area contributed by atoms with Crippen LogP contribution in [-0.4, -0.2) is 30.1 Å². The van der Waals surface area contributed by atoms with Crippen LogP contribution in [0.2, 0.25) is 0 Å². The molecule has 27 heavy (non-hydrogen) atoms. The molecular formula is C18H20N2O6S. The van der Waals surface area contributed by atoms with E-state index in [-0.39, 0.29) is 27.4 Å². The van der Waals surface area contributed by atoms with Gasteiger partial charge in [0, 0.05) is 11.4 Å². The fourth-order valence-electron chi connectivity index (χ4n) is 2.90. The fourth-order valence-corrected chi connectivity index (χ4v) is 3.92. The van der Waals surface area contributed by atoms with Crippen LogP contribution in [0.3, 0.4) is 0 Å². The molecule has 2 rings (SSSR count). The second kappa shape index (κ2) is 7.37. The van der Waals surface area contributed by atoms with Crippen LogP contribution in [0.15, 0.2) is 29.2 Å². The number of benzene rings is 2. The largest absolute Gasteiger partial charge is 0.478 e. The maximum Gasteiger partial charge on any atom is 0.335 e. The number of hydrogen-bond donors (Lipinski definition) is 4. The number of urea groups is 1. The van der Waals surface area contributed by atoms with Crippen LogP contribution in [0.1, 0.15) is 32.6 Å². The van der Waals surface area contributed by atoms with E-state index in [2.05, 4.69) is 10.6 Å². The third kappa shape index (κ3) is 4.26. The minimum absolute atomic E-state index is 0.0139. The van der Waals surface area contributed by atoms with Crippen molar-refractivity contribution in [3.63, 3.8) is 0 Å². The molecule has 0 unspecified atom stereocenters.